The van der Waals surface area contributed by atoms with Crippen molar-refractivity contribution in [1.29, 1.82) is 0 Å². The summed E-state index contributed by atoms with van der Waals surface area (Å²) in [6.07, 6.45) is 0. The predicted octanol–water partition coefficient (Wildman–Crippen LogP) is 1.80. The number of nitrogens with one attached hydrogen (secondary N) is 1. The van der Waals surface area contributed by atoms with Crippen LogP contribution in [-0.4, -0.2) is 27.3 Å². The molecule has 2 N–H and O–H groups in total. The summed E-state index contributed by atoms with van der Waals surface area (Å²) in [5, 5.41) is 25.8. The van der Waals surface area contributed by atoms with Crippen LogP contribution < -0.4 is 5.43 Å². The van der Waals surface area contributed by atoms with Gasteiger partial charge in [0.25, 0.3) is 5.69 Å². The number of nitro groups is 1. The van der Waals surface area contributed by atoms with Gasteiger partial charge in [-0.2, -0.15) is 5.10 Å². The van der Waals surface area contributed by atoms with Crippen LogP contribution in [-0.2, 0) is 4.79 Å². The van der Waals surface area contributed by atoms with Crippen LogP contribution in [0.25, 0.3) is 0 Å². The van der Waals surface area contributed by atoms with Crippen LogP contribution in [0.1, 0.15) is 13.8 Å². The highest BCUT2D eigenvalue weighted by Gasteiger charge is 2.10. The quantitative estimate of drug-likeness (QED) is 0.364. The molecule has 0 saturated carbocycles. The Morgan fingerprint density at radius 3 is 2.32 bits per heavy atom. The Bertz CT molecular complexity index is 548. The Morgan fingerprint density at radius 2 is 1.89 bits per heavy atom. The largest absolute Gasteiger partial charge is 0.410 e. The smallest absolute Gasteiger partial charge is 0.269 e. The topological polar surface area (TPSA) is 117 Å². The van der Waals surface area contributed by atoms with E-state index in [0.717, 1.165) is 0 Å². The molecule has 1 rings (SSSR count). The molecule has 1 aromatic carbocycles. The minimum absolute atomic E-state index is 0.0346. The summed E-state index contributed by atoms with van der Waals surface area (Å²) in [5.41, 5.74) is 3.12. The van der Waals surface area contributed by atoms with Crippen LogP contribution in [0.2, 0.25) is 0 Å². The van der Waals surface area contributed by atoms with E-state index < -0.39 is 10.7 Å². The van der Waals surface area contributed by atoms with Gasteiger partial charge in [0.2, 0.25) is 0 Å². The van der Waals surface area contributed by atoms with Gasteiger partial charge in [0.05, 0.1) is 16.3 Å². The molecule has 0 unspecified atom stereocenters. The van der Waals surface area contributed by atoms with Crippen LogP contribution in [0.4, 0.5) is 11.4 Å². The molecule has 0 heterocycles. The van der Waals surface area contributed by atoms with Gasteiger partial charge in [-0.1, -0.05) is 5.16 Å². The molecule has 19 heavy (non-hydrogen) atoms. The van der Waals surface area contributed by atoms with E-state index in [4.69, 9.17) is 5.21 Å². The third kappa shape index (κ3) is 3.87. The molecule has 0 bridgehead atoms. The first-order valence-corrected chi connectivity index (χ1v) is 5.24. The molecule has 0 atom stereocenters. The van der Waals surface area contributed by atoms with Crippen LogP contribution in [0.5, 0.6) is 0 Å². The third-order valence-corrected chi connectivity index (χ3v) is 2.21. The van der Waals surface area contributed by atoms with Crippen molar-refractivity contribution in [1.82, 2.24) is 0 Å². The molecule has 1 aromatic rings. The fourth-order valence-corrected chi connectivity index (χ4v) is 1.26. The summed E-state index contributed by atoms with van der Waals surface area (Å²) in [7, 11) is 0. The van der Waals surface area contributed by atoms with Crippen LogP contribution in [0, 0.1) is 10.1 Å². The lowest BCUT2D eigenvalue weighted by molar-refractivity contribution is -0.384. The van der Waals surface area contributed by atoms with E-state index in [-0.39, 0.29) is 17.1 Å². The van der Waals surface area contributed by atoms with Gasteiger partial charge in [0.15, 0.2) is 11.5 Å². The van der Waals surface area contributed by atoms with Crippen molar-refractivity contribution in [3.05, 3.63) is 34.4 Å². The number of Topliss-reactive ketones (excluding diaryl/α,β-unsaturated/α-hetero) is 1. The zero-order chi connectivity index (χ0) is 14.4. The van der Waals surface area contributed by atoms with Gasteiger partial charge < -0.3 is 5.21 Å². The molecule has 0 fully saturated rings. The number of carbonyl (C=O) groups is 1. The molecule has 8 heteroatoms. The first-order chi connectivity index (χ1) is 8.95. The molecular formula is C11H12N4O4. The summed E-state index contributed by atoms with van der Waals surface area (Å²) >= 11 is 0. The first-order valence-electron chi connectivity index (χ1n) is 5.24. The van der Waals surface area contributed by atoms with E-state index in [1.807, 2.05) is 0 Å². The average Bonchev–Trinajstić information content (AvgIpc) is 2.37. The number of non-ortho nitro benzene ring substituents is 1. The number of nitro benzene ring substituents is 1. The van der Waals surface area contributed by atoms with Gasteiger partial charge in [0, 0.05) is 19.1 Å². The summed E-state index contributed by atoms with van der Waals surface area (Å²) in [6, 6.07) is 5.58. The molecular weight excluding hydrogens is 252 g/mol. The monoisotopic (exact) mass is 264 g/mol. The number of rotatable bonds is 5. The van der Waals surface area contributed by atoms with Crippen molar-refractivity contribution in [2.24, 2.45) is 10.3 Å². The number of hydrogen-bond acceptors (Lipinski definition) is 7. The molecule has 0 aliphatic carbocycles. The Hall–Kier alpha value is -2.77. The van der Waals surface area contributed by atoms with E-state index >= 15 is 0 Å². The van der Waals surface area contributed by atoms with Crippen molar-refractivity contribution in [3.63, 3.8) is 0 Å². The van der Waals surface area contributed by atoms with Gasteiger partial charge >= 0.3 is 0 Å². The molecule has 0 aliphatic rings. The lowest BCUT2D eigenvalue weighted by Gasteiger charge is -2.02. The second-order valence-electron chi connectivity index (χ2n) is 3.62. The summed E-state index contributed by atoms with van der Waals surface area (Å²) in [5.74, 6) is -0.422. The van der Waals surface area contributed by atoms with Gasteiger partial charge in [-0.25, -0.2) is 0 Å². The van der Waals surface area contributed by atoms with Crippen molar-refractivity contribution < 1.29 is 14.9 Å². The van der Waals surface area contributed by atoms with Crippen molar-refractivity contribution in [2.45, 2.75) is 13.8 Å². The Labute approximate surface area is 108 Å². The van der Waals surface area contributed by atoms with Crippen LogP contribution in [0.3, 0.4) is 0 Å². The maximum absolute atomic E-state index is 11.1. The molecule has 0 saturated heterocycles. The number of hydrazone groups is 1. The van der Waals surface area contributed by atoms with E-state index in [2.05, 4.69) is 15.7 Å². The summed E-state index contributed by atoms with van der Waals surface area (Å²) < 4.78 is 0. The van der Waals surface area contributed by atoms with Crippen LogP contribution in [0.15, 0.2) is 34.5 Å². The fourth-order valence-electron chi connectivity index (χ4n) is 1.26. The van der Waals surface area contributed by atoms with Crippen molar-refractivity contribution in [3.8, 4) is 0 Å². The van der Waals surface area contributed by atoms with Gasteiger partial charge in [-0.15, -0.1) is 0 Å². The van der Waals surface area contributed by atoms with E-state index in [1.54, 1.807) is 0 Å². The molecule has 0 amide bonds. The maximum atomic E-state index is 11.1. The molecule has 0 aromatic heterocycles. The van der Waals surface area contributed by atoms with Crippen molar-refractivity contribution >= 4 is 28.6 Å². The molecule has 8 nitrogen and oxygen atoms in total. The number of ketones is 1. The Morgan fingerprint density at radius 1 is 1.32 bits per heavy atom. The molecule has 100 valence electrons. The zero-order valence-corrected chi connectivity index (χ0v) is 10.3. The number of oxime groups is 1. The lowest BCUT2D eigenvalue weighted by Crippen LogP contribution is -2.20. The Balaban J connectivity index is 2.81. The normalized spacial score (nSPS) is 12.1. The standard InChI is InChI=1S/C11H12N4O4/c1-7(11(14-17)8(2)16)12-13-9-3-5-10(6-4-9)15(18)19/h3-6,13,17H,1-2H3/b12-7-,14-11-. The fraction of sp³-hybridized carbons (Fsp3) is 0.182. The Kier molecular flexibility index (Phi) is 4.69. The minimum Gasteiger partial charge on any atom is -0.410 e. The molecule has 0 spiro atoms. The van der Waals surface area contributed by atoms with Gasteiger partial charge in [-0.3, -0.25) is 20.3 Å². The number of carbonyl (C=O) groups excluding carboxylic acids is 1. The molecule has 0 aliphatic heterocycles. The maximum Gasteiger partial charge on any atom is 0.269 e. The van der Waals surface area contributed by atoms with Crippen LogP contribution >= 0.6 is 0 Å². The number of nitrogens with zero attached hydrogens (tertiary/aromatic N) is 3. The highest BCUT2D eigenvalue weighted by molar-refractivity contribution is 6.66. The van der Waals surface area contributed by atoms with E-state index in [1.165, 1.54) is 38.1 Å². The van der Waals surface area contributed by atoms with Gasteiger partial charge in [-0.05, 0) is 19.1 Å². The lowest BCUT2D eigenvalue weighted by atomic mass is 10.2. The summed E-state index contributed by atoms with van der Waals surface area (Å²) in [6.45, 7) is 2.74. The summed E-state index contributed by atoms with van der Waals surface area (Å²) in [4.78, 5) is 21.0. The molecule has 0 radical (unpaired) electrons. The predicted molar refractivity (Wildman–Crippen MR) is 69.7 cm³/mol. The first kappa shape index (κ1) is 14.3. The number of benzene rings is 1. The number of anilines is 1. The second kappa shape index (κ2) is 6.24. The highest BCUT2D eigenvalue weighted by atomic mass is 16.6. The van der Waals surface area contributed by atoms with Gasteiger partial charge in [0.1, 0.15) is 0 Å². The average molecular weight is 264 g/mol. The third-order valence-electron chi connectivity index (χ3n) is 2.21. The highest BCUT2D eigenvalue weighted by Crippen LogP contribution is 2.15. The number of hydrogen-bond donors (Lipinski definition) is 2. The van der Waals surface area contributed by atoms with E-state index in [9.17, 15) is 14.9 Å². The van der Waals surface area contributed by atoms with Crippen molar-refractivity contribution in [2.75, 3.05) is 5.43 Å². The SMILES string of the molecule is CC(=O)C(=N\O)/C(C)=N\Nc1ccc([N+](=O)[O-])cc1. The zero-order valence-electron chi connectivity index (χ0n) is 10.3. The minimum atomic E-state index is -0.509. The van der Waals surface area contributed by atoms with E-state index in [0.29, 0.717) is 5.69 Å². The second-order valence-corrected chi connectivity index (χ2v) is 3.62.